The number of hydrogen-bond donors (Lipinski definition) is 0. The average Bonchev–Trinajstić information content (AvgIpc) is 3.24. The van der Waals surface area contributed by atoms with Crippen LogP contribution in [0.3, 0.4) is 0 Å². The topological polar surface area (TPSA) is 24.8 Å². The van der Waals surface area contributed by atoms with Gasteiger partial charge in [0.15, 0.2) is 5.75 Å². The molecule has 0 aromatic heterocycles. The van der Waals surface area contributed by atoms with Gasteiger partial charge in [-0.1, -0.05) is 60.8 Å². The minimum atomic E-state index is 0.385. The van der Waals surface area contributed by atoms with E-state index in [-0.39, 0.29) is 0 Å². The summed E-state index contributed by atoms with van der Waals surface area (Å²) in [5.74, 6) is 2.21. The number of rotatable bonds is 6. The van der Waals surface area contributed by atoms with Crippen molar-refractivity contribution in [3.8, 4) is 5.75 Å². The predicted molar refractivity (Wildman–Crippen MR) is 163 cm³/mol. The van der Waals surface area contributed by atoms with E-state index in [1.54, 1.807) is 30.6 Å². The quantitative estimate of drug-likeness (QED) is 0.214. The maximum atomic E-state index is 6.44. The van der Waals surface area contributed by atoms with E-state index in [1.165, 1.54) is 37.8 Å². The standard InChI is InChI=1S/C32H32N2OS2/c1-5-36-32-18-14-23(10-9-22(32)2)26-13-17-31-29(20-26)34(4)28-15-11-24(12-16-30(28)35-31)25-7-6-8-27(19-25)37-21-33-3/h5-13,16-17,19-21,23H,1,14-15,18H2,2-4H3/b33-21-. The number of aliphatic imine (C=N–C) groups is 1. The van der Waals surface area contributed by atoms with E-state index in [4.69, 9.17) is 4.74 Å². The summed E-state index contributed by atoms with van der Waals surface area (Å²) >= 11 is 3.38. The number of ether oxygens (including phenoxy) is 1. The van der Waals surface area contributed by atoms with Crippen LogP contribution >= 0.6 is 23.5 Å². The summed E-state index contributed by atoms with van der Waals surface area (Å²) in [4.78, 5) is 8.99. The predicted octanol–water partition coefficient (Wildman–Crippen LogP) is 9.10. The minimum absolute atomic E-state index is 0.385. The molecule has 1 atom stereocenters. The number of hydrogen-bond acceptors (Lipinski definition) is 5. The van der Waals surface area contributed by atoms with Gasteiger partial charge in [-0.2, -0.15) is 0 Å². The highest BCUT2D eigenvalue weighted by Crippen LogP contribution is 2.43. The molecule has 188 valence electrons. The molecule has 1 heterocycles. The Labute approximate surface area is 229 Å². The summed E-state index contributed by atoms with van der Waals surface area (Å²) < 4.78 is 6.44. The van der Waals surface area contributed by atoms with Crippen LogP contribution in [0.4, 0.5) is 5.69 Å². The molecule has 2 aromatic carbocycles. The van der Waals surface area contributed by atoms with Gasteiger partial charge in [0, 0.05) is 31.3 Å². The van der Waals surface area contributed by atoms with E-state index in [2.05, 4.69) is 103 Å². The van der Waals surface area contributed by atoms with Crippen molar-refractivity contribution in [2.75, 3.05) is 19.0 Å². The summed E-state index contributed by atoms with van der Waals surface area (Å²) in [5.41, 5.74) is 9.25. The van der Waals surface area contributed by atoms with E-state index >= 15 is 0 Å². The summed E-state index contributed by atoms with van der Waals surface area (Å²) in [6.45, 7) is 6.09. The zero-order chi connectivity index (χ0) is 25.8. The summed E-state index contributed by atoms with van der Waals surface area (Å²) in [6, 6.07) is 15.3. The zero-order valence-corrected chi connectivity index (χ0v) is 23.2. The first-order chi connectivity index (χ1) is 18.1. The molecule has 0 radical (unpaired) electrons. The molecule has 2 aliphatic carbocycles. The number of fused-ring (bicyclic) bond motifs is 1. The normalized spacial score (nSPS) is 19.3. The number of benzene rings is 2. The van der Waals surface area contributed by atoms with Crippen LogP contribution in [0.1, 0.15) is 43.2 Å². The lowest BCUT2D eigenvalue weighted by atomic mass is 9.93. The molecule has 0 saturated carbocycles. The van der Waals surface area contributed by atoms with E-state index in [0.717, 1.165) is 36.5 Å². The van der Waals surface area contributed by atoms with Crippen LogP contribution in [0.2, 0.25) is 0 Å². The zero-order valence-electron chi connectivity index (χ0n) is 21.6. The molecule has 1 aliphatic heterocycles. The van der Waals surface area contributed by atoms with E-state index in [1.807, 2.05) is 11.0 Å². The largest absolute Gasteiger partial charge is 0.453 e. The molecule has 0 bridgehead atoms. The second-order valence-electron chi connectivity index (χ2n) is 9.30. The van der Waals surface area contributed by atoms with Crippen molar-refractivity contribution in [1.82, 2.24) is 0 Å². The van der Waals surface area contributed by atoms with E-state index in [0.29, 0.717) is 5.92 Å². The van der Waals surface area contributed by atoms with Crippen molar-refractivity contribution in [3.05, 3.63) is 118 Å². The van der Waals surface area contributed by atoms with Gasteiger partial charge >= 0.3 is 0 Å². The number of allylic oxidation sites excluding steroid dienone is 8. The van der Waals surface area contributed by atoms with Gasteiger partial charge < -0.3 is 9.64 Å². The van der Waals surface area contributed by atoms with Crippen LogP contribution in [0, 0.1) is 0 Å². The molecule has 5 rings (SSSR count). The Morgan fingerprint density at radius 3 is 2.84 bits per heavy atom. The molecule has 0 saturated heterocycles. The summed E-state index contributed by atoms with van der Waals surface area (Å²) in [5, 5.41) is 1.93. The van der Waals surface area contributed by atoms with Gasteiger partial charge in [0.25, 0.3) is 0 Å². The van der Waals surface area contributed by atoms with Gasteiger partial charge in [-0.15, -0.1) is 11.8 Å². The van der Waals surface area contributed by atoms with Crippen molar-refractivity contribution < 1.29 is 4.74 Å². The molecule has 3 aliphatic rings. The Balaban J connectivity index is 1.36. The molecule has 1 unspecified atom stereocenters. The number of anilines is 1. The van der Waals surface area contributed by atoms with Gasteiger partial charge in [-0.3, -0.25) is 4.99 Å². The van der Waals surface area contributed by atoms with Crippen molar-refractivity contribution in [2.45, 2.75) is 37.0 Å². The lowest BCUT2D eigenvalue weighted by Gasteiger charge is -2.31. The molecule has 3 nitrogen and oxygen atoms in total. The Hall–Kier alpha value is -3.15. The van der Waals surface area contributed by atoms with Gasteiger partial charge in [0.05, 0.1) is 16.9 Å². The van der Waals surface area contributed by atoms with Crippen LogP contribution in [0.25, 0.3) is 5.57 Å². The van der Waals surface area contributed by atoms with Crippen molar-refractivity contribution in [2.24, 2.45) is 4.99 Å². The first kappa shape index (κ1) is 25.5. The first-order valence-corrected chi connectivity index (χ1v) is 14.3. The summed E-state index contributed by atoms with van der Waals surface area (Å²) in [7, 11) is 3.95. The number of nitrogens with zero attached hydrogens (tertiary/aromatic N) is 2. The molecule has 2 aromatic rings. The highest BCUT2D eigenvalue weighted by Gasteiger charge is 2.25. The molecule has 37 heavy (non-hydrogen) atoms. The Morgan fingerprint density at radius 2 is 2.00 bits per heavy atom. The fourth-order valence-corrected chi connectivity index (χ4v) is 6.22. The van der Waals surface area contributed by atoms with E-state index in [9.17, 15) is 0 Å². The maximum absolute atomic E-state index is 6.44. The fraction of sp³-hybridized carbons (Fsp3) is 0.219. The highest BCUT2D eigenvalue weighted by molar-refractivity contribution is 8.12. The van der Waals surface area contributed by atoms with Crippen LogP contribution in [-0.4, -0.2) is 19.6 Å². The molecule has 0 N–H and O–H groups in total. The highest BCUT2D eigenvalue weighted by atomic mass is 32.2. The number of thioether (sulfide) groups is 2. The third-order valence-corrected chi connectivity index (χ3v) is 8.82. The second kappa shape index (κ2) is 11.5. The SMILES string of the molecule is C=CSC1=C(C)C=CC(c2ccc3c(c2)N(C)C2=C(C=CC(c4cccc(S/C=N\C)c4)=CC2)O3)CC1. The molecular formula is C32H32N2OS2. The summed E-state index contributed by atoms with van der Waals surface area (Å²) in [6.07, 6.45) is 14.2. The van der Waals surface area contributed by atoms with Gasteiger partial charge in [-0.05, 0) is 82.7 Å². The smallest absolute Gasteiger partial charge is 0.151 e. The van der Waals surface area contributed by atoms with Crippen LogP contribution < -0.4 is 9.64 Å². The third kappa shape index (κ3) is 5.58. The van der Waals surface area contributed by atoms with Crippen LogP contribution in [-0.2, 0) is 0 Å². The van der Waals surface area contributed by atoms with Crippen molar-refractivity contribution in [1.29, 1.82) is 0 Å². The minimum Gasteiger partial charge on any atom is -0.453 e. The van der Waals surface area contributed by atoms with Crippen LogP contribution in [0.5, 0.6) is 5.75 Å². The van der Waals surface area contributed by atoms with E-state index < -0.39 is 0 Å². The van der Waals surface area contributed by atoms with Crippen LogP contribution in [0.15, 0.2) is 117 Å². The van der Waals surface area contributed by atoms with Gasteiger partial charge in [0.1, 0.15) is 5.76 Å². The Morgan fingerprint density at radius 1 is 1.11 bits per heavy atom. The van der Waals surface area contributed by atoms with Gasteiger partial charge in [-0.25, -0.2) is 0 Å². The second-order valence-corrected chi connectivity index (χ2v) is 11.3. The molecule has 0 amide bonds. The first-order valence-electron chi connectivity index (χ1n) is 12.6. The fourth-order valence-electron chi connectivity index (χ4n) is 4.95. The molecule has 0 fully saturated rings. The monoisotopic (exact) mass is 524 g/mol. The average molecular weight is 525 g/mol. The molecule has 0 spiro atoms. The van der Waals surface area contributed by atoms with Crippen molar-refractivity contribution >= 4 is 40.3 Å². The van der Waals surface area contributed by atoms with Crippen molar-refractivity contribution in [3.63, 3.8) is 0 Å². The molecular weight excluding hydrogens is 492 g/mol. The lowest BCUT2D eigenvalue weighted by Crippen LogP contribution is -2.24. The molecule has 5 heteroatoms. The van der Waals surface area contributed by atoms with Gasteiger partial charge in [0.2, 0.25) is 0 Å². The third-order valence-electron chi connectivity index (χ3n) is 7.00. The Bertz CT molecular complexity index is 1390. The Kier molecular flexibility index (Phi) is 7.92. The lowest BCUT2D eigenvalue weighted by molar-refractivity contribution is 0.424. The maximum Gasteiger partial charge on any atom is 0.151 e.